The molecule has 2 N–H and O–H groups in total. The van der Waals surface area contributed by atoms with Gasteiger partial charge in [-0.05, 0) is 67.6 Å². The van der Waals surface area contributed by atoms with Gasteiger partial charge < -0.3 is 10.1 Å². The van der Waals surface area contributed by atoms with Crippen LogP contribution in [0.3, 0.4) is 0 Å². The number of hydrogen-bond acceptors (Lipinski definition) is 6. The smallest absolute Gasteiger partial charge is 0.338 e. The maximum atomic E-state index is 13.2. The number of anilines is 1. The Kier molecular flexibility index (Phi) is 8.82. The summed E-state index contributed by atoms with van der Waals surface area (Å²) in [7, 11) is -3.77. The van der Waals surface area contributed by atoms with E-state index in [9.17, 15) is 13.2 Å². The predicted octanol–water partition coefficient (Wildman–Crippen LogP) is 6.45. The zero-order valence-electron chi connectivity index (χ0n) is 20.8. The summed E-state index contributed by atoms with van der Waals surface area (Å²) in [6, 6.07) is 18.3. The van der Waals surface area contributed by atoms with Gasteiger partial charge in [0, 0.05) is 17.5 Å². The Balaban J connectivity index is 1.45. The lowest BCUT2D eigenvalue weighted by Gasteiger charge is -2.19. The standard InChI is InChI=1S/C28H34N2O4S2/c1-3-34-28(31)23-13-8-12-22(18-23)26-15-16-27(35-26)36(32,33)30-25-14-7-6-11-24(25)19-29-20(2)17-21-9-4-5-10-21/h6-8,11-16,18,20-21,29-30H,3-5,9-10,17,19H2,1-2H3/t20-/m0/s1. The third kappa shape index (κ3) is 6.75. The second-order valence-corrected chi connectivity index (χ2v) is 12.3. The number of benzene rings is 2. The maximum absolute atomic E-state index is 13.2. The van der Waals surface area contributed by atoms with Crippen molar-refractivity contribution in [2.24, 2.45) is 5.92 Å². The Bertz CT molecular complexity index is 1280. The summed E-state index contributed by atoms with van der Waals surface area (Å²) in [5.41, 5.74) is 2.71. The van der Waals surface area contributed by atoms with Crippen molar-refractivity contribution >= 4 is 33.0 Å². The topological polar surface area (TPSA) is 84.5 Å². The van der Waals surface area contributed by atoms with Crippen LogP contribution in [-0.4, -0.2) is 27.0 Å². The minimum Gasteiger partial charge on any atom is -0.462 e. The highest BCUT2D eigenvalue weighted by Crippen LogP contribution is 2.33. The molecule has 4 rings (SSSR count). The van der Waals surface area contributed by atoms with Crippen LogP contribution in [0.2, 0.25) is 0 Å². The van der Waals surface area contributed by atoms with E-state index in [1.807, 2.05) is 24.3 Å². The van der Waals surface area contributed by atoms with E-state index in [1.54, 1.807) is 43.3 Å². The molecular formula is C28H34N2O4S2. The number of carbonyl (C=O) groups excluding carboxylic acids is 1. The van der Waals surface area contributed by atoms with Gasteiger partial charge in [0.25, 0.3) is 10.0 Å². The van der Waals surface area contributed by atoms with Crippen molar-refractivity contribution in [1.82, 2.24) is 5.32 Å². The molecule has 192 valence electrons. The summed E-state index contributed by atoms with van der Waals surface area (Å²) in [6.07, 6.45) is 6.46. The first-order valence-electron chi connectivity index (χ1n) is 12.6. The molecule has 0 spiro atoms. The lowest BCUT2D eigenvalue weighted by molar-refractivity contribution is 0.0526. The van der Waals surface area contributed by atoms with E-state index >= 15 is 0 Å². The fourth-order valence-electron chi connectivity index (χ4n) is 4.72. The number of esters is 1. The summed E-state index contributed by atoms with van der Waals surface area (Å²) >= 11 is 1.17. The van der Waals surface area contributed by atoms with Gasteiger partial charge in [-0.1, -0.05) is 56.0 Å². The molecule has 1 atom stereocenters. The number of carbonyl (C=O) groups is 1. The van der Waals surface area contributed by atoms with Crippen LogP contribution in [0.25, 0.3) is 10.4 Å². The van der Waals surface area contributed by atoms with Crippen LogP contribution in [0.1, 0.15) is 61.9 Å². The SMILES string of the molecule is CCOC(=O)c1cccc(-c2ccc(S(=O)(=O)Nc3ccccc3CN[C@@H](C)CC3CCCC3)s2)c1. The molecule has 1 aromatic heterocycles. The van der Waals surface area contributed by atoms with Crippen LogP contribution >= 0.6 is 11.3 Å². The fourth-order valence-corrected chi connectivity index (χ4v) is 7.12. The summed E-state index contributed by atoms with van der Waals surface area (Å²) in [4.78, 5) is 12.8. The van der Waals surface area contributed by atoms with Gasteiger partial charge >= 0.3 is 5.97 Å². The summed E-state index contributed by atoms with van der Waals surface area (Å²) < 4.78 is 34.5. The van der Waals surface area contributed by atoms with Crippen molar-refractivity contribution in [2.75, 3.05) is 11.3 Å². The van der Waals surface area contributed by atoms with Crippen LogP contribution in [-0.2, 0) is 21.3 Å². The Morgan fingerprint density at radius 2 is 1.86 bits per heavy atom. The van der Waals surface area contributed by atoms with Crippen molar-refractivity contribution in [3.63, 3.8) is 0 Å². The maximum Gasteiger partial charge on any atom is 0.338 e. The number of sulfonamides is 1. The monoisotopic (exact) mass is 526 g/mol. The van der Waals surface area contributed by atoms with E-state index in [2.05, 4.69) is 17.0 Å². The van der Waals surface area contributed by atoms with E-state index in [-0.39, 0.29) is 4.21 Å². The molecule has 2 aromatic carbocycles. The van der Waals surface area contributed by atoms with E-state index in [0.29, 0.717) is 30.4 Å². The van der Waals surface area contributed by atoms with Gasteiger partial charge in [-0.15, -0.1) is 11.3 Å². The normalized spacial score (nSPS) is 15.1. The third-order valence-electron chi connectivity index (χ3n) is 6.57. The number of para-hydroxylation sites is 1. The van der Waals surface area contributed by atoms with Gasteiger partial charge in [0.15, 0.2) is 0 Å². The van der Waals surface area contributed by atoms with Gasteiger partial charge in [0.05, 0.1) is 17.9 Å². The van der Waals surface area contributed by atoms with Gasteiger partial charge in [0.2, 0.25) is 0 Å². The molecule has 0 amide bonds. The molecule has 1 saturated carbocycles. The molecule has 0 unspecified atom stereocenters. The van der Waals surface area contributed by atoms with Crippen LogP contribution < -0.4 is 10.0 Å². The average Bonchev–Trinajstić information content (AvgIpc) is 3.57. The molecule has 0 radical (unpaired) electrons. The van der Waals surface area contributed by atoms with Crippen LogP contribution in [0.5, 0.6) is 0 Å². The first kappa shape index (κ1) is 26.4. The van der Waals surface area contributed by atoms with Crippen molar-refractivity contribution < 1.29 is 17.9 Å². The number of thiophene rings is 1. The average molecular weight is 527 g/mol. The van der Waals surface area contributed by atoms with Crippen molar-refractivity contribution in [1.29, 1.82) is 0 Å². The Morgan fingerprint density at radius 1 is 1.08 bits per heavy atom. The van der Waals surface area contributed by atoms with Gasteiger partial charge in [-0.2, -0.15) is 0 Å². The molecule has 3 aromatic rings. The number of hydrogen-bond donors (Lipinski definition) is 2. The molecule has 1 heterocycles. The van der Waals surface area contributed by atoms with Crippen LogP contribution in [0.15, 0.2) is 64.9 Å². The van der Waals surface area contributed by atoms with E-state index < -0.39 is 16.0 Å². The molecule has 8 heteroatoms. The van der Waals surface area contributed by atoms with E-state index in [0.717, 1.165) is 28.3 Å². The van der Waals surface area contributed by atoms with Gasteiger partial charge in [-0.3, -0.25) is 4.72 Å². The molecular weight excluding hydrogens is 492 g/mol. The van der Waals surface area contributed by atoms with E-state index in [1.165, 1.54) is 37.0 Å². The number of nitrogens with one attached hydrogen (secondary N) is 2. The Labute approximate surface area is 218 Å². The zero-order chi connectivity index (χ0) is 25.5. The fraction of sp³-hybridized carbons (Fsp3) is 0.393. The highest BCUT2D eigenvalue weighted by Gasteiger charge is 2.21. The first-order valence-corrected chi connectivity index (χ1v) is 14.9. The summed E-state index contributed by atoms with van der Waals surface area (Å²) in [6.45, 7) is 4.86. The molecule has 0 bridgehead atoms. The zero-order valence-corrected chi connectivity index (χ0v) is 22.5. The Hall–Kier alpha value is -2.68. The molecule has 1 fully saturated rings. The number of rotatable bonds is 11. The molecule has 0 saturated heterocycles. The first-order chi connectivity index (χ1) is 17.4. The van der Waals surface area contributed by atoms with Gasteiger partial charge in [0.1, 0.15) is 4.21 Å². The Morgan fingerprint density at radius 3 is 2.64 bits per heavy atom. The van der Waals surface area contributed by atoms with Crippen molar-refractivity contribution in [2.45, 2.75) is 62.7 Å². The minimum absolute atomic E-state index is 0.219. The second kappa shape index (κ2) is 12.0. The quantitative estimate of drug-likeness (QED) is 0.281. The second-order valence-electron chi connectivity index (χ2n) is 9.35. The molecule has 36 heavy (non-hydrogen) atoms. The molecule has 1 aliphatic carbocycles. The highest BCUT2D eigenvalue weighted by molar-refractivity contribution is 7.94. The van der Waals surface area contributed by atoms with Crippen LogP contribution in [0.4, 0.5) is 5.69 Å². The van der Waals surface area contributed by atoms with Gasteiger partial charge in [-0.25, -0.2) is 13.2 Å². The molecule has 6 nitrogen and oxygen atoms in total. The van der Waals surface area contributed by atoms with Crippen LogP contribution in [0, 0.1) is 5.92 Å². The number of ether oxygens (including phenoxy) is 1. The lowest BCUT2D eigenvalue weighted by Crippen LogP contribution is -2.28. The molecule has 1 aliphatic rings. The third-order valence-corrected chi connectivity index (χ3v) is 9.56. The largest absolute Gasteiger partial charge is 0.462 e. The lowest BCUT2D eigenvalue weighted by atomic mass is 9.99. The summed E-state index contributed by atoms with van der Waals surface area (Å²) in [5.74, 6) is 0.403. The minimum atomic E-state index is -3.77. The summed E-state index contributed by atoms with van der Waals surface area (Å²) in [5, 5.41) is 3.57. The van der Waals surface area contributed by atoms with E-state index in [4.69, 9.17) is 4.74 Å². The van der Waals surface area contributed by atoms with Crippen molar-refractivity contribution in [3.05, 3.63) is 71.8 Å². The predicted molar refractivity (Wildman–Crippen MR) is 146 cm³/mol. The molecule has 0 aliphatic heterocycles. The highest BCUT2D eigenvalue weighted by atomic mass is 32.2. The van der Waals surface area contributed by atoms with Crippen molar-refractivity contribution in [3.8, 4) is 10.4 Å².